The smallest absolute Gasteiger partial charge is 0.236 e. The fourth-order valence-corrected chi connectivity index (χ4v) is 1.68. The van der Waals surface area contributed by atoms with E-state index in [2.05, 4.69) is 0 Å². The molecule has 5 heteroatoms. The van der Waals surface area contributed by atoms with Gasteiger partial charge in [-0.2, -0.15) is 0 Å². The zero-order chi connectivity index (χ0) is 10.6. The first-order valence-corrected chi connectivity index (χ1v) is 4.85. The Bertz CT molecular complexity index is 198. The molecule has 0 bridgehead atoms. The lowest BCUT2D eigenvalue weighted by molar-refractivity contribution is -0.129. The van der Waals surface area contributed by atoms with Crippen LogP contribution in [0.25, 0.3) is 0 Å². The van der Waals surface area contributed by atoms with E-state index in [1.807, 2.05) is 6.92 Å². The summed E-state index contributed by atoms with van der Waals surface area (Å²) in [6.07, 6.45) is -0.0362. The van der Waals surface area contributed by atoms with Crippen molar-refractivity contribution in [1.82, 2.24) is 4.90 Å². The molecular weight excluding hydrogens is 184 g/mol. The van der Waals surface area contributed by atoms with Gasteiger partial charge in [-0.15, -0.1) is 0 Å². The molecule has 1 aliphatic heterocycles. The zero-order valence-electron chi connectivity index (χ0n) is 8.73. The number of carbonyl (C=O) groups excluding carboxylic acids is 1. The van der Waals surface area contributed by atoms with Crippen LogP contribution in [0.1, 0.15) is 6.92 Å². The quantitative estimate of drug-likeness (QED) is 0.648. The maximum Gasteiger partial charge on any atom is 0.236 e. The van der Waals surface area contributed by atoms with Gasteiger partial charge in [0.1, 0.15) is 12.2 Å². The molecule has 0 radical (unpaired) electrons. The Morgan fingerprint density at radius 2 is 2.14 bits per heavy atom. The van der Waals surface area contributed by atoms with Crippen molar-refractivity contribution in [2.45, 2.75) is 19.1 Å². The highest BCUT2D eigenvalue weighted by Crippen LogP contribution is 2.15. The predicted molar refractivity (Wildman–Crippen MR) is 51.8 cm³/mol. The lowest BCUT2D eigenvalue weighted by Crippen LogP contribution is -2.35. The van der Waals surface area contributed by atoms with E-state index in [1.165, 1.54) is 0 Å². The summed E-state index contributed by atoms with van der Waals surface area (Å²) in [5.74, 6) is -0.0470. The van der Waals surface area contributed by atoms with Crippen LogP contribution in [0.5, 0.6) is 0 Å². The van der Waals surface area contributed by atoms with E-state index < -0.39 is 0 Å². The highest BCUT2D eigenvalue weighted by Gasteiger charge is 2.35. The fraction of sp³-hybridized carbons (Fsp3) is 0.889. The highest BCUT2D eigenvalue weighted by atomic mass is 16.5. The first-order chi connectivity index (χ1) is 6.72. The Kier molecular flexibility index (Phi) is 4.31. The van der Waals surface area contributed by atoms with E-state index in [-0.39, 0.29) is 24.7 Å². The molecule has 2 N–H and O–H groups in total. The van der Waals surface area contributed by atoms with E-state index in [4.69, 9.17) is 15.2 Å². The van der Waals surface area contributed by atoms with Crippen LogP contribution in [0.2, 0.25) is 0 Å². The van der Waals surface area contributed by atoms with Crippen LogP contribution in [0.15, 0.2) is 0 Å². The minimum Gasteiger partial charge on any atom is -0.377 e. The van der Waals surface area contributed by atoms with Crippen LogP contribution in [0.3, 0.4) is 0 Å². The van der Waals surface area contributed by atoms with E-state index in [0.29, 0.717) is 19.7 Å². The average molecular weight is 202 g/mol. The summed E-state index contributed by atoms with van der Waals surface area (Å²) in [4.78, 5) is 13.0. The van der Waals surface area contributed by atoms with Crippen LogP contribution in [-0.2, 0) is 14.3 Å². The number of likely N-dealkylation sites (tertiary alicyclic amines) is 1. The SMILES string of the molecule is CCO[C@@H]1CN(C(=O)CN)C[C@@H]1OC. The molecule has 0 spiro atoms. The third-order valence-corrected chi connectivity index (χ3v) is 2.43. The number of carbonyl (C=O) groups is 1. The van der Waals surface area contributed by atoms with Gasteiger partial charge in [-0.3, -0.25) is 4.79 Å². The normalized spacial score (nSPS) is 26.9. The van der Waals surface area contributed by atoms with Gasteiger partial charge < -0.3 is 20.1 Å². The minimum atomic E-state index is -0.0470. The van der Waals surface area contributed by atoms with E-state index in [1.54, 1.807) is 12.0 Å². The molecule has 1 fully saturated rings. The van der Waals surface area contributed by atoms with Crippen molar-refractivity contribution in [2.24, 2.45) is 5.73 Å². The maximum atomic E-state index is 11.3. The fourth-order valence-electron chi connectivity index (χ4n) is 1.68. The molecule has 1 rings (SSSR count). The molecule has 0 aromatic rings. The van der Waals surface area contributed by atoms with Crippen LogP contribution in [-0.4, -0.2) is 56.4 Å². The summed E-state index contributed by atoms with van der Waals surface area (Å²) < 4.78 is 10.7. The van der Waals surface area contributed by atoms with Crippen molar-refractivity contribution in [3.05, 3.63) is 0 Å². The van der Waals surface area contributed by atoms with Crippen LogP contribution >= 0.6 is 0 Å². The van der Waals surface area contributed by atoms with Crippen molar-refractivity contribution in [3.63, 3.8) is 0 Å². The third kappa shape index (κ3) is 2.43. The summed E-state index contributed by atoms with van der Waals surface area (Å²) in [6, 6.07) is 0. The molecule has 1 aliphatic rings. The van der Waals surface area contributed by atoms with Gasteiger partial charge in [-0.1, -0.05) is 0 Å². The number of ether oxygens (including phenoxy) is 2. The molecule has 0 aromatic carbocycles. The summed E-state index contributed by atoms with van der Waals surface area (Å²) in [7, 11) is 1.63. The molecule has 5 nitrogen and oxygen atoms in total. The van der Waals surface area contributed by atoms with Crippen molar-refractivity contribution in [1.29, 1.82) is 0 Å². The Balaban J connectivity index is 2.51. The van der Waals surface area contributed by atoms with E-state index >= 15 is 0 Å². The highest BCUT2D eigenvalue weighted by molar-refractivity contribution is 5.78. The first-order valence-electron chi connectivity index (χ1n) is 4.85. The van der Waals surface area contributed by atoms with Crippen LogP contribution in [0.4, 0.5) is 0 Å². The maximum absolute atomic E-state index is 11.3. The summed E-state index contributed by atoms with van der Waals surface area (Å²) in [6.45, 7) is 3.78. The van der Waals surface area contributed by atoms with Crippen LogP contribution in [0, 0.1) is 0 Å². The molecule has 0 unspecified atom stereocenters. The van der Waals surface area contributed by atoms with Gasteiger partial charge in [-0.05, 0) is 6.92 Å². The van der Waals surface area contributed by atoms with E-state index in [9.17, 15) is 4.79 Å². The minimum absolute atomic E-state index is 0.0134. The molecule has 0 saturated carbocycles. The number of hydrogen-bond donors (Lipinski definition) is 1. The standard InChI is InChI=1S/C9H18N2O3/c1-3-14-8-6-11(9(12)4-10)5-7(8)13-2/h7-8H,3-6,10H2,1-2H3/t7-,8+/m0/s1. The van der Waals surface area contributed by atoms with Crippen molar-refractivity contribution < 1.29 is 14.3 Å². The van der Waals surface area contributed by atoms with Gasteiger partial charge in [0.15, 0.2) is 0 Å². The second kappa shape index (κ2) is 5.29. The number of rotatable bonds is 4. The lowest BCUT2D eigenvalue weighted by Gasteiger charge is -2.15. The van der Waals surface area contributed by atoms with Gasteiger partial charge in [0.05, 0.1) is 6.54 Å². The van der Waals surface area contributed by atoms with Gasteiger partial charge in [-0.25, -0.2) is 0 Å². The third-order valence-electron chi connectivity index (χ3n) is 2.43. The number of nitrogens with two attached hydrogens (primary N) is 1. The molecular formula is C9H18N2O3. The Hall–Kier alpha value is -0.650. The Morgan fingerprint density at radius 1 is 1.50 bits per heavy atom. The van der Waals surface area contributed by atoms with Gasteiger partial charge >= 0.3 is 0 Å². The zero-order valence-corrected chi connectivity index (χ0v) is 8.73. The number of hydrogen-bond acceptors (Lipinski definition) is 4. The molecule has 1 amide bonds. The van der Waals surface area contributed by atoms with Gasteiger partial charge in [0.2, 0.25) is 5.91 Å². The molecule has 1 heterocycles. The molecule has 2 atom stereocenters. The van der Waals surface area contributed by atoms with Crippen molar-refractivity contribution in [2.75, 3.05) is 33.4 Å². The summed E-state index contributed by atoms with van der Waals surface area (Å²) >= 11 is 0. The first kappa shape index (κ1) is 11.4. The van der Waals surface area contributed by atoms with E-state index in [0.717, 1.165) is 0 Å². The topological polar surface area (TPSA) is 64.8 Å². The summed E-state index contributed by atoms with van der Waals surface area (Å²) in [5.41, 5.74) is 5.29. The lowest BCUT2D eigenvalue weighted by atomic mass is 10.2. The monoisotopic (exact) mass is 202 g/mol. The van der Waals surface area contributed by atoms with Gasteiger partial charge in [0.25, 0.3) is 0 Å². The predicted octanol–water partition coefficient (Wildman–Crippen LogP) is -0.793. The average Bonchev–Trinajstić information content (AvgIpc) is 2.60. The summed E-state index contributed by atoms with van der Waals surface area (Å²) in [5, 5.41) is 0. The Labute approximate surface area is 84.1 Å². The molecule has 0 aliphatic carbocycles. The second-order valence-electron chi connectivity index (χ2n) is 3.27. The molecule has 82 valence electrons. The number of methoxy groups -OCH3 is 1. The van der Waals surface area contributed by atoms with Crippen molar-refractivity contribution >= 4 is 5.91 Å². The largest absolute Gasteiger partial charge is 0.377 e. The van der Waals surface area contributed by atoms with Crippen LogP contribution < -0.4 is 5.73 Å². The van der Waals surface area contributed by atoms with Gasteiger partial charge in [0, 0.05) is 26.8 Å². The molecule has 0 aromatic heterocycles. The molecule has 14 heavy (non-hydrogen) atoms. The number of nitrogens with zero attached hydrogens (tertiary/aromatic N) is 1. The second-order valence-corrected chi connectivity index (χ2v) is 3.27. The number of amides is 1. The Morgan fingerprint density at radius 3 is 2.64 bits per heavy atom. The van der Waals surface area contributed by atoms with Crippen molar-refractivity contribution in [3.8, 4) is 0 Å². The molecule has 1 saturated heterocycles.